The van der Waals surface area contributed by atoms with Crippen LogP contribution in [0.3, 0.4) is 0 Å². The van der Waals surface area contributed by atoms with Crippen molar-refractivity contribution in [2.24, 2.45) is 5.92 Å². The number of rotatable bonds is 11. The molecule has 5 nitrogen and oxygen atoms in total. The first kappa shape index (κ1) is 17.0. The number of carbonyl (C=O) groups excluding carboxylic acids is 1. The Labute approximate surface area is 112 Å². The highest BCUT2D eigenvalue weighted by Crippen LogP contribution is 2.17. The van der Waals surface area contributed by atoms with Crippen molar-refractivity contribution in [1.29, 1.82) is 0 Å². The van der Waals surface area contributed by atoms with Gasteiger partial charge in [0.15, 0.2) is 5.12 Å². The molecule has 0 rings (SSSR count). The van der Waals surface area contributed by atoms with E-state index in [0.29, 0.717) is 12.8 Å². The summed E-state index contributed by atoms with van der Waals surface area (Å²) in [6.07, 6.45) is 4.65. The van der Waals surface area contributed by atoms with Crippen molar-refractivity contribution >= 4 is 29.7 Å². The molecule has 6 heteroatoms. The van der Waals surface area contributed by atoms with Gasteiger partial charge in [0, 0.05) is 12.3 Å². The van der Waals surface area contributed by atoms with E-state index in [0.717, 1.165) is 25.7 Å². The summed E-state index contributed by atoms with van der Waals surface area (Å²) in [5, 5.41) is 16.7. The van der Waals surface area contributed by atoms with E-state index in [9.17, 15) is 14.4 Å². The Kier molecular flexibility index (Phi) is 9.36. The van der Waals surface area contributed by atoms with Crippen molar-refractivity contribution < 1.29 is 24.6 Å². The molecule has 0 saturated carbocycles. The molecule has 0 aromatic carbocycles. The third kappa shape index (κ3) is 10.1. The summed E-state index contributed by atoms with van der Waals surface area (Å²) < 4.78 is 0. The summed E-state index contributed by atoms with van der Waals surface area (Å²) in [5.74, 6) is -2.27. The summed E-state index contributed by atoms with van der Waals surface area (Å²) in [5.41, 5.74) is 0. The Morgan fingerprint density at radius 2 is 1.44 bits per heavy atom. The molecule has 0 radical (unpaired) electrons. The molecule has 0 aliphatic rings. The molecule has 0 aromatic heterocycles. The third-order valence-corrected chi connectivity index (χ3v) is 3.08. The van der Waals surface area contributed by atoms with Crippen LogP contribution < -0.4 is 0 Å². The van der Waals surface area contributed by atoms with Gasteiger partial charge in [-0.25, -0.2) is 0 Å². The Hall–Kier alpha value is -1.04. The van der Waals surface area contributed by atoms with Crippen LogP contribution in [-0.2, 0) is 14.4 Å². The molecule has 104 valence electrons. The summed E-state index contributed by atoms with van der Waals surface area (Å²) in [6, 6.07) is 0. The number of carboxylic acid groups (broad SMARTS) is 2. The predicted octanol–water partition coefficient (Wildman–Crippen LogP) is 2.35. The van der Waals surface area contributed by atoms with Crippen LogP contribution in [-0.4, -0.2) is 27.3 Å². The quantitative estimate of drug-likeness (QED) is 0.398. The maximum absolute atomic E-state index is 11.1. The molecular weight excluding hydrogens is 256 g/mol. The molecule has 0 aliphatic heterocycles. The SMILES string of the molecule is O=C(O)CCCCCCCC(CC(=O)O)C(=O)S. The lowest BCUT2D eigenvalue weighted by Gasteiger charge is -2.09. The summed E-state index contributed by atoms with van der Waals surface area (Å²) in [7, 11) is 0. The molecule has 2 N–H and O–H groups in total. The van der Waals surface area contributed by atoms with Crippen LogP contribution >= 0.6 is 12.6 Å². The molecule has 0 bridgehead atoms. The molecule has 0 saturated heterocycles. The molecule has 18 heavy (non-hydrogen) atoms. The Bertz CT molecular complexity index is 290. The van der Waals surface area contributed by atoms with E-state index in [1.807, 2.05) is 0 Å². The van der Waals surface area contributed by atoms with Crippen molar-refractivity contribution in [2.75, 3.05) is 0 Å². The molecule has 0 aromatic rings. The maximum atomic E-state index is 11.1. The number of carboxylic acids is 2. The van der Waals surface area contributed by atoms with E-state index >= 15 is 0 Å². The lowest BCUT2D eigenvalue weighted by Crippen LogP contribution is -2.14. The average molecular weight is 276 g/mol. The highest BCUT2D eigenvalue weighted by molar-refractivity contribution is 7.96. The first-order chi connectivity index (χ1) is 8.43. The molecule has 1 unspecified atom stereocenters. The van der Waals surface area contributed by atoms with Crippen molar-refractivity contribution in [3.05, 3.63) is 0 Å². The van der Waals surface area contributed by atoms with E-state index in [2.05, 4.69) is 12.6 Å². The van der Waals surface area contributed by atoms with Crippen molar-refractivity contribution in [3.63, 3.8) is 0 Å². The Morgan fingerprint density at radius 3 is 1.94 bits per heavy atom. The van der Waals surface area contributed by atoms with Gasteiger partial charge >= 0.3 is 11.9 Å². The summed E-state index contributed by atoms with van der Waals surface area (Å²) in [6.45, 7) is 0. The van der Waals surface area contributed by atoms with E-state index in [4.69, 9.17) is 10.2 Å². The van der Waals surface area contributed by atoms with E-state index in [-0.39, 0.29) is 18.0 Å². The van der Waals surface area contributed by atoms with Gasteiger partial charge in [0.2, 0.25) is 0 Å². The van der Waals surface area contributed by atoms with Crippen LogP contribution in [0, 0.1) is 5.92 Å². The summed E-state index contributed by atoms with van der Waals surface area (Å²) >= 11 is 3.68. The van der Waals surface area contributed by atoms with Gasteiger partial charge in [-0.05, 0) is 12.8 Å². The van der Waals surface area contributed by atoms with Crippen LogP contribution in [0.2, 0.25) is 0 Å². The maximum Gasteiger partial charge on any atom is 0.304 e. The Morgan fingerprint density at radius 1 is 0.889 bits per heavy atom. The largest absolute Gasteiger partial charge is 0.481 e. The number of hydrogen-bond acceptors (Lipinski definition) is 3. The zero-order chi connectivity index (χ0) is 14.0. The number of hydrogen-bond donors (Lipinski definition) is 3. The van der Waals surface area contributed by atoms with E-state index in [1.165, 1.54) is 0 Å². The Balaban J connectivity index is 3.58. The standard InChI is InChI=1S/C12H20O5S/c13-10(14)7-5-3-1-2-4-6-9(12(17)18)8-11(15)16/h9H,1-8H2,(H,13,14)(H,15,16)(H,17,18). The molecule has 0 amide bonds. The van der Waals surface area contributed by atoms with Crippen LogP contribution in [0.25, 0.3) is 0 Å². The van der Waals surface area contributed by atoms with Gasteiger partial charge in [-0.2, -0.15) is 0 Å². The minimum atomic E-state index is -0.983. The van der Waals surface area contributed by atoms with Gasteiger partial charge in [-0.1, -0.05) is 25.7 Å². The van der Waals surface area contributed by atoms with Crippen molar-refractivity contribution in [1.82, 2.24) is 0 Å². The average Bonchev–Trinajstić information content (AvgIpc) is 2.25. The van der Waals surface area contributed by atoms with Gasteiger partial charge in [0.05, 0.1) is 6.42 Å². The summed E-state index contributed by atoms with van der Waals surface area (Å²) in [4.78, 5) is 31.8. The third-order valence-electron chi connectivity index (χ3n) is 2.71. The van der Waals surface area contributed by atoms with Gasteiger partial charge in [-0.15, -0.1) is 12.6 Å². The van der Waals surface area contributed by atoms with Crippen molar-refractivity contribution in [3.8, 4) is 0 Å². The molecule has 0 aliphatic carbocycles. The van der Waals surface area contributed by atoms with Gasteiger partial charge < -0.3 is 10.2 Å². The van der Waals surface area contributed by atoms with Crippen LogP contribution in [0.5, 0.6) is 0 Å². The number of carbonyl (C=O) groups is 3. The molecule has 1 atom stereocenters. The van der Waals surface area contributed by atoms with Crippen LogP contribution in [0.15, 0.2) is 0 Å². The zero-order valence-corrected chi connectivity index (χ0v) is 11.2. The molecule has 0 spiro atoms. The fourth-order valence-electron chi connectivity index (χ4n) is 1.72. The monoisotopic (exact) mass is 276 g/mol. The lowest BCUT2D eigenvalue weighted by atomic mass is 9.98. The topological polar surface area (TPSA) is 91.7 Å². The van der Waals surface area contributed by atoms with Crippen molar-refractivity contribution in [2.45, 2.75) is 51.4 Å². The second-order valence-electron chi connectivity index (χ2n) is 4.33. The zero-order valence-electron chi connectivity index (χ0n) is 10.3. The van der Waals surface area contributed by atoms with Crippen LogP contribution in [0.1, 0.15) is 51.4 Å². The highest BCUT2D eigenvalue weighted by Gasteiger charge is 2.18. The van der Waals surface area contributed by atoms with Gasteiger partial charge in [-0.3, -0.25) is 14.4 Å². The fourth-order valence-corrected chi connectivity index (χ4v) is 1.94. The highest BCUT2D eigenvalue weighted by atomic mass is 32.1. The second-order valence-corrected chi connectivity index (χ2v) is 4.77. The van der Waals surface area contributed by atoms with E-state index < -0.39 is 17.9 Å². The molecule has 0 heterocycles. The first-order valence-electron chi connectivity index (χ1n) is 6.10. The van der Waals surface area contributed by atoms with E-state index in [1.54, 1.807) is 0 Å². The normalized spacial score (nSPS) is 12.1. The van der Waals surface area contributed by atoms with Gasteiger partial charge in [0.1, 0.15) is 0 Å². The molecule has 0 fully saturated rings. The predicted molar refractivity (Wildman–Crippen MR) is 69.7 cm³/mol. The molecular formula is C12H20O5S. The smallest absolute Gasteiger partial charge is 0.304 e. The number of thiol groups is 1. The number of aliphatic carboxylic acids is 2. The second kappa shape index (κ2) is 9.94. The van der Waals surface area contributed by atoms with Crippen LogP contribution in [0.4, 0.5) is 0 Å². The van der Waals surface area contributed by atoms with Gasteiger partial charge in [0.25, 0.3) is 0 Å². The minimum absolute atomic E-state index is 0.165. The number of unbranched alkanes of at least 4 members (excludes halogenated alkanes) is 4. The first-order valence-corrected chi connectivity index (χ1v) is 6.54. The lowest BCUT2D eigenvalue weighted by molar-refractivity contribution is -0.139. The minimum Gasteiger partial charge on any atom is -0.481 e. The fraction of sp³-hybridized carbons (Fsp3) is 0.750.